The molecule has 0 heterocycles. The van der Waals surface area contributed by atoms with Crippen LogP contribution < -0.4 is 11.2 Å². The van der Waals surface area contributed by atoms with Gasteiger partial charge in [0.2, 0.25) is 5.91 Å². The van der Waals surface area contributed by atoms with Gasteiger partial charge >= 0.3 is 0 Å². The third-order valence-electron chi connectivity index (χ3n) is 1.48. The lowest BCUT2D eigenvalue weighted by atomic mass is 10.1. The maximum Gasteiger partial charge on any atom is 0.245 e. The van der Waals surface area contributed by atoms with Gasteiger partial charge in [-0.2, -0.15) is 5.48 Å². The highest BCUT2D eigenvalue weighted by Gasteiger charge is 2.05. The first-order valence-electron chi connectivity index (χ1n) is 3.69. The van der Waals surface area contributed by atoms with Crippen LogP contribution in [-0.2, 0) is 9.63 Å². The molecule has 0 aromatic rings. The van der Waals surface area contributed by atoms with E-state index in [1.807, 2.05) is 6.92 Å². The Morgan fingerprint density at radius 3 is 2.45 bits per heavy atom. The molecule has 0 radical (unpaired) electrons. The molecule has 0 aliphatic heterocycles. The van der Waals surface area contributed by atoms with E-state index in [9.17, 15) is 4.79 Å². The Hall–Kier alpha value is -0.610. The average molecular weight is 160 g/mol. The van der Waals surface area contributed by atoms with E-state index in [1.54, 1.807) is 0 Å². The molecular weight excluding hydrogens is 144 g/mol. The summed E-state index contributed by atoms with van der Waals surface area (Å²) >= 11 is 0. The fraction of sp³-hybridized carbons (Fsp3) is 0.857. The number of hydrogen-bond acceptors (Lipinski definition) is 3. The van der Waals surface area contributed by atoms with Crippen LogP contribution in [0.2, 0.25) is 0 Å². The normalized spacial score (nSPS) is 13.5. The number of nitrogens with one attached hydrogen (secondary N) is 1. The summed E-state index contributed by atoms with van der Waals surface area (Å²) in [6.07, 6.45) is 0. The highest BCUT2D eigenvalue weighted by molar-refractivity contribution is 5.74. The fourth-order valence-corrected chi connectivity index (χ4v) is 0.380. The SMILES string of the molecule is CC(C)C(C)NOCC(N)=O. The van der Waals surface area contributed by atoms with Crippen molar-refractivity contribution in [2.45, 2.75) is 26.8 Å². The van der Waals surface area contributed by atoms with Gasteiger partial charge in [-0.05, 0) is 12.8 Å². The molecular formula is C7H16N2O2. The topological polar surface area (TPSA) is 64.3 Å². The molecule has 0 fully saturated rings. The first kappa shape index (κ1) is 10.4. The second-order valence-electron chi connectivity index (χ2n) is 2.91. The van der Waals surface area contributed by atoms with Crippen LogP contribution >= 0.6 is 0 Å². The van der Waals surface area contributed by atoms with E-state index < -0.39 is 5.91 Å². The minimum atomic E-state index is -0.464. The van der Waals surface area contributed by atoms with Gasteiger partial charge in [-0.15, -0.1) is 0 Å². The van der Waals surface area contributed by atoms with E-state index in [-0.39, 0.29) is 12.6 Å². The van der Waals surface area contributed by atoms with Crippen molar-refractivity contribution in [1.29, 1.82) is 0 Å². The van der Waals surface area contributed by atoms with Crippen LogP contribution in [-0.4, -0.2) is 18.6 Å². The average Bonchev–Trinajstić information content (AvgIpc) is 1.86. The van der Waals surface area contributed by atoms with Crippen molar-refractivity contribution in [1.82, 2.24) is 5.48 Å². The number of hydroxylamine groups is 1. The van der Waals surface area contributed by atoms with Crippen molar-refractivity contribution in [2.75, 3.05) is 6.61 Å². The number of carbonyl (C=O) groups excluding carboxylic acids is 1. The van der Waals surface area contributed by atoms with Gasteiger partial charge < -0.3 is 5.73 Å². The molecule has 0 rings (SSSR count). The van der Waals surface area contributed by atoms with E-state index in [2.05, 4.69) is 19.3 Å². The minimum Gasteiger partial charge on any atom is -0.368 e. The number of nitrogens with two attached hydrogens (primary N) is 1. The Balaban J connectivity index is 3.31. The molecule has 0 aromatic heterocycles. The highest BCUT2D eigenvalue weighted by Crippen LogP contribution is 1.98. The summed E-state index contributed by atoms with van der Waals surface area (Å²) < 4.78 is 0. The summed E-state index contributed by atoms with van der Waals surface area (Å²) in [5.74, 6) is 0.0105. The molecule has 4 heteroatoms. The van der Waals surface area contributed by atoms with Crippen LogP contribution in [0.15, 0.2) is 0 Å². The maximum absolute atomic E-state index is 10.2. The number of amides is 1. The standard InChI is InChI=1S/C7H16N2O2/c1-5(2)6(3)9-11-4-7(8)10/h5-6,9H,4H2,1-3H3,(H2,8,10). The Labute approximate surface area is 67.0 Å². The van der Waals surface area contributed by atoms with Gasteiger partial charge in [0.25, 0.3) is 0 Å². The van der Waals surface area contributed by atoms with Crippen molar-refractivity contribution < 1.29 is 9.63 Å². The van der Waals surface area contributed by atoms with Gasteiger partial charge in [0, 0.05) is 6.04 Å². The second-order valence-corrected chi connectivity index (χ2v) is 2.91. The zero-order chi connectivity index (χ0) is 8.85. The van der Waals surface area contributed by atoms with Crippen LogP contribution in [0.4, 0.5) is 0 Å². The van der Waals surface area contributed by atoms with Crippen molar-refractivity contribution in [2.24, 2.45) is 11.7 Å². The molecule has 66 valence electrons. The van der Waals surface area contributed by atoms with Gasteiger partial charge in [-0.25, -0.2) is 0 Å². The lowest BCUT2D eigenvalue weighted by Gasteiger charge is -2.15. The van der Waals surface area contributed by atoms with Gasteiger partial charge in [-0.3, -0.25) is 9.63 Å². The molecule has 0 saturated carbocycles. The summed E-state index contributed by atoms with van der Waals surface area (Å²) in [7, 11) is 0. The number of rotatable bonds is 5. The molecule has 1 amide bonds. The molecule has 11 heavy (non-hydrogen) atoms. The molecule has 0 aromatic carbocycles. The van der Waals surface area contributed by atoms with Crippen molar-refractivity contribution in [3.8, 4) is 0 Å². The molecule has 0 aliphatic carbocycles. The van der Waals surface area contributed by atoms with Gasteiger partial charge in [0.15, 0.2) is 0 Å². The van der Waals surface area contributed by atoms with Crippen LogP contribution in [0, 0.1) is 5.92 Å². The minimum absolute atomic E-state index is 0.0724. The summed E-state index contributed by atoms with van der Waals surface area (Å²) in [5.41, 5.74) is 7.56. The van der Waals surface area contributed by atoms with E-state index >= 15 is 0 Å². The number of primary amides is 1. The van der Waals surface area contributed by atoms with Crippen molar-refractivity contribution in [3.05, 3.63) is 0 Å². The highest BCUT2D eigenvalue weighted by atomic mass is 16.6. The van der Waals surface area contributed by atoms with Gasteiger partial charge in [0.05, 0.1) is 0 Å². The predicted octanol–water partition coefficient (Wildman–Crippen LogP) is 0.0374. The molecule has 0 saturated heterocycles. The van der Waals surface area contributed by atoms with Crippen LogP contribution in [0.3, 0.4) is 0 Å². The van der Waals surface area contributed by atoms with Crippen LogP contribution in [0.25, 0.3) is 0 Å². The third-order valence-corrected chi connectivity index (χ3v) is 1.48. The zero-order valence-electron chi connectivity index (χ0n) is 7.26. The fourth-order valence-electron chi connectivity index (χ4n) is 0.380. The first-order chi connectivity index (χ1) is 5.04. The van der Waals surface area contributed by atoms with Crippen molar-refractivity contribution >= 4 is 5.91 Å². The molecule has 1 unspecified atom stereocenters. The van der Waals surface area contributed by atoms with Gasteiger partial charge in [0.1, 0.15) is 6.61 Å². The molecule has 1 atom stereocenters. The quantitative estimate of drug-likeness (QED) is 0.558. The largest absolute Gasteiger partial charge is 0.368 e. The molecule has 0 bridgehead atoms. The molecule has 3 N–H and O–H groups in total. The second kappa shape index (κ2) is 5.09. The maximum atomic E-state index is 10.2. The molecule has 0 spiro atoms. The zero-order valence-corrected chi connectivity index (χ0v) is 7.26. The summed E-state index contributed by atoms with van der Waals surface area (Å²) in [4.78, 5) is 15.0. The predicted molar refractivity (Wildman–Crippen MR) is 42.6 cm³/mol. The number of carbonyl (C=O) groups is 1. The molecule has 0 aliphatic rings. The summed E-state index contributed by atoms with van der Waals surface area (Å²) in [5, 5.41) is 0. The molecule has 4 nitrogen and oxygen atoms in total. The van der Waals surface area contributed by atoms with E-state index in [0.717, 1.165) is 0 Å². The Kier molecular flexibility index (Phi) is 4.81. The van der Waals surface area contributed by atoms with Crippen LogP contribution in [0.1, 0.15) is 20.8 Å². The lowest BCUT2D eigenvalue weighted by Crippen LogP contribution is -2.34. The monoisotopic (exact) mass is 160 g/mol. The first-order valence-corrected chi connectivity index (χ1v) is 3.69. The van der Waals surface area contributed by atoms with Crippen LogP contribution in [0.5, 0.6) is 0 Å². The van der Waals surface area contributed by atoms with E-state index in [4.69, 9.17) is 10.6 Å². The summed E-state index contributed by atoms with van der Waals surface area (Å²) in [6, 6.07) is 0.231. The lowest BCUT2D eigenvalue weighted by molar-refractivity contribution is -0.126. The third kappa shape index (κ3) is 5.82. The Morgan fingerprint density at radius 2 is 2.09 bits per heavy atom. The Bertz CT molecular complexity index is 126. The summed E-state index contributed by atoms with van der Waals surface area (Å²) in [6.45, 7) is 6.03. The van der Waals surface area contributed by atoms with E-state index in [0.29, 0.717) is 5.92 Å². The smallest absolute Gasteiger partial charge is 0.245 e. The van der Waals surface area contributed by atoms with Crippen molar-refractivity contribution in [3.63, 3.8) is 0 Å². The van der Waals surface area contributed by atoms with Gasteiger partial charge in [-0.1, -0.05) is 13.8 Å². The Morgan fingerprint density at radius 1 is 1.55 bits per heavy atom. The van der Waals surface area contributed by atoms with E-state index in [1.165, 1.54) is 0 Å². The number of hydrogen-bond donors (Lipinski definition) is 2.